The zero-order chi connectivity index (χ0) is 44.0. The van der Waals surface area contributed by atoms with Crippen molar-refractivity contribution in [3.8, 4) is 44.5 Å². The second-order valence-electron chi connectivity index (χ2n) is 18.4. The van der Waals surface area contributed by atoms with Crippen LogP contribution in [0.5, 0.6) is 0 Å². The average molecular weight is 860 g/mol. The Labute approximate surface area is 390 Å². The van der Waals surface area contributed by atoms with E-state index in [2.05, 4.69) is 255 Å². The highest BCUT2D eigenvalue weighted by molar-refractivity contribution is 7.25. The van der Waals surface area contributed by atoms with Crippen LogP contribution >= 0.6 is 11.3 Å². The van der Waals surface area contributed by atoms with Crippen LogP contribution in [0.15, 0.2) is 237 Å². The van der Waals surface area contributed by atoms with Gasteiger partial charge in [0.2, 0.25) is 0 Å². The zero-order valence-electron chi connectivity index (χ0n) is 36.9. The van der Waals surface area contributed by atoms with Crippen molar-refractivity contribution in [1.82, 2.24) is 0 Å². The summed E-state index contributed by atoms with van der Waals surface area (Å²) in [5.74, 6) is 0. The second kappa shape index (κ2) is 14.9. The monoisotopic (exact) mass is 859 g/mol. The smallest absolute Gasteiger partial charge is 0.0714 e. The van der Waals surface area contributed by atoms with Crippen LogP contribution in [0.25, 0.3) is 64.7 Å². The maximum absolute atomic E-state index is 2.47. The second-order valence-corrected chi connectivity index (χ2v) is 19.5. The SMILES string of the molecule is CC1(C)c2ccccc2-c2ccc(N(c3ccc(-c4ccc(C5(c6ccc7c(c6)sc6ccccc67)c6ccccc6-c6ccccc65)cc4)cc3)c3ccccc3-c3ccccc3)cc21. The Bertz CT molecular complexity index is 3620. The molecule has 1 nitrogen and oxygen atoms in total. The van der Waals surface area contributed by atoms with Crippen LogP contribution in [-0.2, 0) is 10.8 Å². The summed E-state index contributed by atoms with van der Waals surface area (Å²) < 4.78 is 2.65. The molecular formula is C64H45NS. The largest absolute Gasteiger partial charge is 0.310 e. The molecule has 66 heavy (non-hydrogen) atoms. The van der Waals surface area contributed by atoms with Gasteiger partial charge in [0.25, 0.3) is 0 Å². The molecule has 0 fully saturated rings. The van der Waals surface area contributed by atoms with Gasteiger partial charge in [-0.25, -0.2) is 0 Å². The van der Waals surface area contributed by atoms with Gasteiger partial charge in [0.05, 0.1) is 11.1 Å². The predicted octanol–water partition coefficient (Wildman–Crippen LogP) is 17.5. The zero-order valence-corrected chi connectivity index (χ0v) is 37.7. The lowest BCUT2D eigenvalue weighted by Gasteiger charge is -2.34. The number of hydrogen-bond acceptors (Lipinski definition) is 2. The van der Waals surface area contributed by atoms with Crippen LogP contribution < -0.4 is 4.90 Å². The molecule has 1 aromatic heterocycles. The number of hydrogen-bond donors (Lipinski definition) is 0. The first-order valence-electron chi connectivity index (χ1n) is 23.0. The van der Waals surface area contributed by atoms with E-state index >= 15 is 0 Å². The fraction of sp³-hybridized carbons (Fsp3) is 0.0625. The molecular weight excluding hydrogens is 815 g/mol. The van der Waals surface area contributed by atoms with E-state index < -0.39 is 5.41 Å². The molecule has 2 heteroatoms. The standard InChI is InChI=1S/C64H45NS/c1-63(2)56-23-11-6-19-50(56)53-39-37-48(41-59(53)63)65(60-26-14-9-18-49(60)44-16-4-3-5-17-44)47-35-30-43(31-36-47)42-28-32-45(33-29-42)64(57-24-12-7-20-51(57)52-21-8-13-25-58(52)64)46-34-38-55-54-22-10-15-27-61(54)66-62(55)40-46/h3-41H,1-2H3. The summed E-state index contributed by atoms with van der Waals surface area (Å²) in [4.78, 5) is 2.45. The van der Waals surface area contributed by atoms with Crippen LogP contribution in [0, 0.1) is 0 Å². The fourth-order valence-electron chi connectivity index (χ4n) is 11.5. The number of rotatable bonds is 7. The molecule has 0 atom stereocenters. The Morgan fingerprint density at radius 3 is 1.56 bits per heavy atom. The number of para-hydroxylation sites is 1. The number of anilines is 3. The van der Waals surface area contributed by atoms with Gasteiger partial charge in [-0.05, 0) is 115 Å². The van der Waals surface area contributed by atoms with Gasteiger partial charge in [0.1, 0.15) is 0 Å². The molecule has 0 radical (unpaired) electrons. The molecule has 10 aromatic carbocycles. The lowest BCUT2D eigenvalue weighted by atomic mass is 9.67. The molecule has 0 bridgehead atoms. The topological polar surface area (TPSA) is 3.24 Å². The highest BCUT2D eigenvalue weighted by atomic mass is 32.1. The van der Waals surface area contributed by atoms with Gasteiger partial charge in [-0.1, -0.05) is 208 Å². The van der Waals surface area contributed by atoms with E-state index in [1.807, 2.05) is 11.3 Å². The van der Waals surface area contributed by atoms with Crippen LogP contribution in [0.3, 0.4) is 0 Å². The van der Waals surface area contributed by atoms with Gasteiger partial charge in [0.15, 0.2) is 0 Å². The Kier molecular flexibility index (Phi) is 8.72. The van der Waals surface area contributed by atoms with E-state index in [1.54, 1.807) is 0 Å². The molecule has 1 heterocycles. The summed E-state index contributed by atoms with van der Waals surface area (Å²) in [7, 11) is 0. The third-order valence-electron chi connectivity index (χ3n) is 14.6. The van der Waals surface area contributed by atoms with Crippen molar-refractivity contribution in [2.75, 3.05) is 4.90 Å². The number of nitrogens with zero attached hydrogens (tertiary/aromatic N) is 1. The normalized spacial score (nSPS) is 13.8. The maximum atomic E-state index is 2.47. The molecule has 0 saturated heterocycles. The first-order chi connectivity index (χ1) is 32.5. The lowest BCUT2D eigenvalue weighted by molar-refractivity contribution is 0.660. The van der Waals surface area contributed by atoms with Crippen LogP contribution in [0.2, 0.25) is 0 Å². The number of fused-ring (bicyclic) bond motifs is 9. The Hall–Kier alpha value is -7.78. The fourth-order valence-corrected chi connectivity index (χ4v) is 12.6. The molecule has 0 N–H and O–H groups in total. The highest BCUT2D eigenvalue weighted by Crippen LogP contribution is 2.57. The maximum Gasteiger partial charge on any atom is 0.0714 e. The minimum Gasteiger partial charge on any atom is -0.310 e. The summed E-state index contributed by atoms with van der Waals surface area (Å²) in [6.07, 6.45) is 0. The molecule has 13 rings (SSSR count). The number of thiophene rings is 1. The van der Waals surface area contributed by atoms with Crippen molar-refractivity contribution in [3.05, 3.63) is 270 Å². The predicted molar refractivity (Wildman–Crippen MR) is 280 cm³/mol. The van der Waals surface area contributed by atoms with E-state index in [0.717, 1.165) is 17.1 Å². The van der Waals surface area contributed by atoms with Gasteiger partial charge in [-0.15, -0.1) is 11.3 Å². The summed E-state index contributed by atoms with van der Waals surface area (Å²) in [5.41, 5.74) is 20.8. The summed E-state index contributed by atoms with van der Waals surface area (Å²) in [6.45, 7) is 4.72. The Morgan fingerprint density at radius 2 is 0.848 bits per heavy atom. The van der Waals surface area contributed by atoms with Crippen molar-refractivity contribution in [2.24, 2.45) is 0 Å². The van der Waals surface area contributed by atoms with Crippen LogP contribution in [0.1, 0.15) is 47.2 Å². The van der Waals surface area contributed by atoms with E-state index in [9.17, 15) is 0 Å². The van der Waals surface area contributed by atoms with Gasteiger partial charge >= 0.3 is 0 Å². The Balaban J connectivity index is 0.925. The van der Waals surface area contributed by atoms with Crippen molar-refractivity contribution in [2.45, 2.75) is 24.7 Å². The number of benzene rings is 10. The first kappa shape index (κ1) is 38.7. The van der Waals surface area contributed by atoms with E-state index in [1.165, 1.54) is 98.1 Å². The summed E-state index contributed by atoms with van der Waals surface area (Å²) >= 11 is 1.89. The van der Waals surface area contributed by atoms with E-state index in [-0.39, 0.29) is 5.41 Å². The molecule has 2 aliphatic carbocycles. The van der Waals surface area contributed by atoms with Crippen LogP contribution in [0.4, 0.5) is 17.1 Å². The Morgan fingerprint density at radius 1 is 0.333 bits per heavy atom. The van der Waals surface area contributed by atoms with Crippen molar-refractivity contribution < 1.29 is 0 Å². The molecule has 0 aliphatic heterocycles. The minimum absolute atomic E-state index is 0.116. The van der Waals surface area contributed by atoms with Crippen molar-refractivity contribution >= 4 is 48.6 Å². The first-order valence-corrected chi connectivity index (χ1v) is 23.8. The molecule has 0 amide bonds. The molecule has 0 unspecified atom stereocenters. The van der Waals surface area contributed by atoms with Gasteiger partial charge in [-0.2, -0.15) is 0 Å². The summed E-state index contributed by atoms with van der Waals surface area (Å²) in [5, 5.41) is 2.65. The van der Waals surface area contributed by atoms with Gasteiger partial charge in [0, 0.05) is 42.5 Å². The molecule has 0 saturated carbocycles. The van der Waals surface area contributed by atoms with E-state index in [0.29, 0.717) is 0 Å². The van der Waals surface area contributed by atoms with E-state index in [4.69, 9.17) is 0 Å². The van der Waals surface area contributed by atoms with Gasteiger partial charge < -0.3 is 4.90 Å². The van der Waals surface area contributed by atoms with Crippen LogP contribution in [-0.4, -0.2) is 0 Å². The summed E-state index contributed by atoms with van der Waals surface area (Å²) in [6, 6.07) is 88.2. The van der Waals surface area contributed by atoms with Gasteiger partial charge in [-0.3, -0.25) is 0 Å². The molecule has 11 aromatic rings. The minimum atomic E-state index is -0.474. The van der Waals surface area contributed by atoms with Crippen molar-refractivity contribution in [3.63, 3.8) is 0 Å². The lowest BCUT2D eigenvalue weighted by Crippen LogP contribution is -2.28. The highest BCUT2D eigenvalue weighted by Gasteiger charge is 2.46. The molecule has 312 valence electrons. The van der Waals surface area contributed by atoms with Crippen molar-refractivity contribution in [1.29, 1.82) is 0 Å². The third kappa shape index (κ3) is 5.71. The quantitative estimate of drug-likeness (QED) is 0.154. The average Bonchev–Trinajstić information content (AvgIpc) is 3.98. The molecule has 2 aliphatic rings. The molecule has 0 spiro atoms. The third-order valence-corrected chi connectivity index (χ3v) is 15.7.